The van der Waals surface area contributed by atoms with E-state index in [-0.39, 0.29) is 23.5 Å². The molecule has 0 aromatic carbocycles. The van der Waals surface area contributed by atoms with E-state index < -0.39 is 0 Å². The molecule has 2 aliphatic rings. The van der Waals surface area contributed by atoms with E-state index >= 15 is 0 Å². The van der Waals surface area contributed by atoms with Crippen molar-refractivity contribution >= 4 is 16.9 Å². The number of pyridine rings is 1. The van der Waals surface area contributed by atoms with Gasteiger partial charge in [-0.1, -0.05) is 0 Å². The summed E-state index contributed by atoms with van der Waals surface area (Å²) in [5, 5.41) is 13.3. The van der Waals surface area contributed by atoms with Gasteiger partial charge in [0.05, 0.1) is 17.2 Å². The van der Waals surface area contributed by atoms with Crippen molar-refractivity contribution in [1.29, 1.82) is 0 Å². The van der Waals surface area contributed by atoms with Crippen LogP contribution >= 0.6 is 0 Å². The third-order valence-corrected chi connectivity index (χ3v) is 5.23. The number of aromatic amines is 1. The fourth-order valence-corrected chi connectivity index (χ4v) is 3.76. The second kappa shape index (κ2) is 5.07. The van der Waals surface area contributed by atoms with Gasteiger partial charge in [0, 0.05) is 37.1 Å². The van der Waals surface area contributed by atoms with Crippen LogP contribution in [0.25, 0.3) is 11.0 Å². The van der Waals surface area contributed by atoms with Gasteiger partial charge in [-0.3, -0.25) is 9.78 Å². The number of carbonyl (C=O) groups excluding carboxylic acids is 1. The summed E-state index contributed by atoms with van der Waals surface area (Å²) in [6.07, 6.45) is 5.24. The third-order valence-electron chi connectivity index (χ3n) is 5.23. The van der Waals surface area contributed by atoms with E-state index in [4.69, 9.17) is 4.74 Å². The second-order valence-corrected chi connectivity index (χ2v) is 6.23. The largest absolute Gasteiger partial charge is 0.392 e. The van der Waals surface area contributed by atoms with Crippen LogP contribution in [0.1, 0.15) is 29.6 Å². The van der Waals surface area contributed by atoms with Crippen LogP contribution in [-0.2, 0) is 4.74 Å². The first-order valence-electron chi connectivity index (χ1n) is 7.69. The van der Waals surface area contributed by atoms with Crippen molar-refractivity contribution < 1.29 is 14.6 Å². The van der Waals surface area contributed by atoms with E-state index in [1.807, 2.05) is 12.1 Å². The number of aliphatic hydroxyl groups excluding tert-OH is 1. The zero-order valence-corrected chi connectivity index (χ0v) is 12.2. The quantitative estimate of drug-likeness (QED) is 0.778. The fourth-order valence-electron chi connectivity index (χ4n) is 3.76. The molecule has 0 radical (unpaired) electrons. The number of hydrogen-bond donors (Lipinski definition) is 3. The molecule has 1 amide bonds. The first-order valence-corrected chi connectivity index (χ1v) is 7.69. The number of hydrogen-bond acceptors (Lipinski definition) is 4. The summed E-state index contributed by atoms with van der Waals surface area (Å²) in [5.41, 5.74) is 1.87. The molecule has 2 fully saturated rings. The zero-order chi connectivity index (χ0) is 15.2. The van der Waals surface area contributed by atoms with Crippen molar-refractivity contribution in [3.8, 4) is 0 Å². The van der Waals surface area contributed by atoms with Crippen LogP contribution in [0.3, 0.4) is 0 Å². The topological polar surface area (TPSA) is 87.2 Å². The third kappa shape index (κ3) is 1.94. The molecule has 4 rings (SSSR count). The maximum atomic E-state index is 12.6. The number of amides is 1. The first-order chi connectivity index (χ1) is 10.7. The highest BCUT2D eigenvalue weighted by Gasteiger charge is 2.55. The van der Waals surface area contributed by atoms with Gasteiger partial charge in [0.1, 0.15) is 5.52 Å². The van der Waals surface area contributed by atoms with E-state index in [2.05, 4.69) is 15.3 Å². The minimum Gasteiger partial charge on any atom is -0.392 e. The predicted molar refractivity (Wildman–Crippen MR) is 80.5 cm³/mol. The molecular weight excluding hydrogens is 282 g/mol. The monoisotopic (exact) mass is 301 g/mol. The Kier molecular flexibility index (Phi) is 3.16. The summed E-state index contributed by atoms with van der Waals surface area (Å²) in [4.78, 5) is 19.9. The lowest BCUT2D eigenvalue weighted by Gasteiger charge is -2.55. The molecule has 2 aromatic heterocycles. The van der Waals surface area contributed by atoms with Gasteiger partial charge in [0.15, 0.2) is 0 Å². The average Bonchev–Trinajstić information content (AvgIpc) is 2.99. The molecular formula is C16H19N3O3. The number of carbonyl (C=O) groups is 1. The van der Waals surface area contributed by atoms with Gasteiger partial charge in [0.25, 0.3) is 5.91 Å². The number of rotatable bonds is 2. The fraction of sp³-hybridized carbons (Fsp3) is 0.500. The average molecular weight is 301 g/mol. The minimum atomic E-state index is -0.345. The molecule has 3 heterocycles. The number of H-pyrrole nitrogens is 1. The Morgan fingerprint density at radius 2 is 2.27 bits per heavy atom. The van der Waals surface area contributed by atoms with Crippen LogP contribution in [0.15, 0.2) is 24.5 Å². The Morgan fingerprint density at radius 1 is 1.45 bits per heavy atom. The number of aromatic nitrogens is 2. The predicted octanol–water partition coefficient (Wildman–Crippen LogP) is 1.22. The molecule has 6 heteroatoms. The minimum absolute atomic E-state index is 0.00700. The Bertz CT molecular complexity index is 705. The highest BCUT2D eigenvalue weighted by atomic mass is 16.5. The maximum absolute atomic E-state index is 12.6. The van der Waals surface area contributed by atoms with Crippen LogP contribution < -0.4 is 5.32 Å². The Labute approximate surface area is 127 Å². The smallest absolute Gasteiger partial charge is 0.255 e. The van der Waals surface area contributed by atoms with Crippen molar-refractivity contribution in [3.05, 3.63) is 30.1 Å². The van der Waals surface area contributed by atoms with Crippen LogP contribution in [0.5, 0.6) is 0 Å². The standard InChI is InChI=1S/C16H19N3O3/c20-13-8-12(16(13)3-6-22-7-4-16)19-15(21)10-9-18-11-2-1-5-17-14(10)11/h1-2,5,9,12-13,18,20H,3-4,6-8H2,(H,19,21)/t12-,13-/m1/s1. The molecule has 116 valence electrons. The van der Waals surface area contributed by atoms with Gasteiger partial charge in [-0.15, -0.1) is 0 Å². The molecule has 0 unspecified atom stereocenters. The van der Waals surface area contributed by atoms with Crippen molar-refractivity contribution in [2.75, 3.05) is 13.2 Å². The van der Waals surface area contributed by atoms with Gasteiger partial charge in [-0.25, -0.2) is 0 Å². The normalized spacial score (nSPS) is 26.8. The van der Waals surface area contributed by atoms with Crippen molar-refractivity contribution in [1.82, 2.24) is 15.3 Å². The maximum Gasteiger partial charge on any atom is 0.255 e. The number of aliphatic hydroxyl groups is 1. The van der Waals surface area contributed by atoms with E-state index in [1.165, 1.54) is 0 Å². The molecule has 3 N–H and O–H groups in total. The van der Waals surface area contributed by atoms with Crippen LogP contribution in [0.4, 0.5) is 0 Å². The molecule has 6 nitrogen and oxygen atoms in total. The van der Waals surface area contributed by atoms with Gasteiger partial charge < -0.3 is 20.1 Å². The van der Waals surface area contributed by atoms with Crippen LogP contribution in [0.2, 0.25) is 0 Å². The molecule has 1 saturated heterocycles. The highest BCUT2D eigenvalue weighted by molar-refractivity contribution is 6.05. The summed E-state index contributed by atoms with van der Waals surface area (Å²) in [6.45, 7) is 1.30. The number of nitrogens with one attached hydrogen (secondary N) is 2. The molecule has 1 aliphatic heterocycles. The number of nitrogens with zero attached hydrogens (tertiary/aromatic N) is 1. The molecule has 1 spiro atoms. The highest BCUT2D eigenvalue weighted by Crippen LogP contribution is 2.49. The van der Waals surface area contributed by atoms with Crippen LogP contribution in [-0.4, -0.2) is 46.3 Å². The SMILES string of the molecule is O=C(N[C@@H]1C[C@@H](O)C12CCOCC2)c1c[nH]c2cccnc12. The Balaban J connectivity index is 1.55. The number of fused-ring (bicyclic) bond motifs is 1. The Hall–Kier alpha value is -1.92. The summed E-state index contributed by atoms with van der Waals surface area (Å²) in [7, 11) is 0. The van der Waals surface area contributed by atoms with E-state index in [0.717, 1.165) is 18.4 Å². The van der Waals surface area contributed by atoms with Crippen LogP contribution in [0, 0.1) is 5.41 Å². The van der Waals surface area contributed by atoms with E-state index in [1.54, 1.807) is 12.4 Å². The molecule has 2 aromatic rings. The van der Waals surface area contributed by atoms with Gasteiger partial charge in [-0.2, -0.15) is 0 Å². The van der Waals surface area contributed by atoms with Crippen molar-refractivity contribution in [2.45, 2.75) is 31.4 Å². The van der Waals surface area contributed by atoms with E-state index in [0.29, 0.717) is 30.7 Å². The molecule has 0 bridgehead atoms. The van der Waals surface area contributed by atoms with Gasteiger partial charge in [-0.05, 0) is 31.4 Å². The lowest BCUT2D eigenvalue weighted by atomic mass is 9.58. The molecule has 22 heavy (non-hydrogen) atoms. The van der Waals surface area contributed by atoms with Gasteiger partial charge in [0.2, 0.25) is 0 Å². The second-order valence-electron chi connectivity index (χ2n) is 6.23. The summed E-state index contributed by atoms with van der Waals surface area (Å²) >= 11 is 0. The summed E-state index contributed by atoms with van der Waals surface area (Å²) < 4.78 is 5.39. The molecule has 2 atom stereocenters. The van der Waals surface area contributed by atoms with Gasteiger partial charge >= 0.3 is 0 Å². The zero-order valence-electron chi connectivity index (χ0n) is 12.2. The van der Waals surface area contributed by atoms with Crippen molar-refractivity contribution in [2.24, 2.45) is 5.41 Å². The lowest BCUT2D eigenvalue weighted by Crippen LogP contribution is -2.65. The molecule has 1 saturated carbocycles. The number of ether oxygens (including phenoxy) is 1. The molecule has 1 aliphatic carbocycles. The van der Waals surface area contributed by atoms with E-state index in [9.17, 15) is 9.90 Å². The Morgan fingerprint density at radius 3 is 3.05 bits per heavy atom. The first kappa shape index (κ1) is 13.7. The summed E-state index contributed by atoms with van der Waals surface area (Å²) in [6, 6.07) is 3.74. The summed E-state index contributed by atoms with van der Waals surface area (Å²) in [5.74, 6) is -0.132. The lowest BCUT2D eigenvalue weighted by molar-refractivity contribution is -0.145. The van der Waals surface area contributed by atoms with Crippen molar-refractivity contribution in [3.63, 3.8) is 0 Å².